The highest BCUT2D eigenvalue weighted by Crippen LogP contribution is 2.37. The number of pyridine rings is 1. The molecule has 0 amide bonds. The van der Waals surface area contributed by atoms with E-state index < -0.39 is 5.97 Å². The van der Waals surface area contributed by atoms with Gasteiger partial charge in [-0.05, 0) is 43.2 Å². The van der Waals surface area contributed by atoms with Crippen molar-refractivity contribution in [1.29, 1.82) is 5.26 Å². The molecule has 0 spiro atoms. The second-order valence-corrected chi connectivity index (χ2v) is 11.2. The van der Waals surface area contributed by atoms with Crippen LogP contribution in [0.15, 0.2) is 63.7 Å². The second kappa shape index (κ2) is 12.5. The Morgan fingerprint density at radius 1 is 1.12 bits per heavy atom. The zero-order valence-electron chi connectivity index (χ0n) is 21.7. The van der Waals surface area contributed by atoms with Gasteiger partial charge in [0.2, 0.25) is 0 Å². The third kappa shape index (κ3) is 6.57. The second-order valence-electron chi connectivity index (χ2n) is 8.94. The number of H-pyrrole nitrogens is 1. The number of nitrogens with zero attached hydrogens (tertiary/aromatic N) is 4. The number of carbonyl (C=O) groups is 1. The first kappa shape index (κ1) is 28.3. The van der Waals surface area contributed by atoms with Gasteiger partial charge in [-0.2, -0.15) is 5.26 Å². The van der Waals surface area contributed by atoms with Gasteiger partial charge in [-0.15, -0.1) is 11.3 Å². The summed E-state index contributed by atoms with van der Waals surface area (Å²) in [4.78, 5) is 40.3. The van der Waals surface area contributed by atoms with Crippen molar-refractivity contribution in [2.75, 3.05) is 6.61 Å². The molecule has 0 saturated heterocycles. The standard InChI is InChI=1S/C29H22ClN5O4S2/c1-16-32-26-25(27(38)33-16)24(17-6-10-21(11-7-17)39-12-2-3-23(36)37)22(13-31)29(35-26)41-15-20-14-40-28(34-20)18-4-8-19(30)9-5-18/h4-11,14H,2-3,12,15H2,1H3,(H,36,37)(H,32,33,35,38). The number of hydrogen-bond acceptors (Lipinski definition) is 9. The maximum absolute atomic E-state index is 13.1. The molecule has 0 aliphatic heterocycles. The summed E-state index contributed by atoms with van der Waals surface area (Å²) in [5, 5.41) is 23.2. The third-order valence-corrected chi connectivity index (χ3v) is 8.20. The van der Waals surface area contributed by atoms with E-state index in [1.165, 1.54) is 23.1 Å². The van der Waals surface area contributed by atoms with Crippen molar-refractivity contribution < 1.29 is 14.6 Å². The molecular weight excluding hydrogens is 582 g/mol. The summed E-state index contributed by atoms with van der Waals surface area (Å²) in [6.07, 6.45) is 0.400. The number of thiazole rings is 1. The van der Waals surface area contributed by atoms with Gasteiger partial charge >= 0.3 is 5.97 Å². The largest absolute Gasteiger partial charge is 0.494 e. The number of rotatable bonds is 10. The molecule has 12 heteroatoms. The third-order valence-electron chi connectivity index (χ3n) is 6.00. The summed E-state index contributed by atoms with van der Waals surface area (Å²) in [6.45, 7) is 1.94. The number of carboxylic acid groups (broad SMARTS) is 1. The number of aromatic amines is 1. The highest BCUT2D eigenvalue weighted by Gasteiger charge is 2.21. The molecule has 0 radical (unpaired) electrons. The Morgan fingerprint density at radius 2 is 1.85 bits per heavy atom. The number of carboxylic acids is 1. The summed E-state index contributed by atoms with van der Waals surface area (Å²) < 4.78 is 5.64. The quantitative estimate of drug-likeness (QED) is 0.135. The van der Waals surface area contributed by atoms with E-state index in [9.17, 15) is 14.9 Å². The number of ether oxygens (including phenoxy) is 1. The Bertz CT molecular complexity index is 1830. The van der Waals surface area contributed by atoms with Gasteiger partial charge < -0.3 is 14.8 Å². The van der Waals surface area contributed by atoms with Crippen molar-refractivity contribution in [2.45, 2.75) is 30.5 Å². The smallest absolute Gasteiger partial charge is 0.303 e. The van der Waals surface area contributed by atoms with Crippen molar-refractivity contribution in [2.24, 2.45) is 0 Å². The summed E-state index contributed by atoms with van der Waals surface area (Å²) in [5.41, 5.74) is 2.99. The number of aliphatic carboxylic acids is 1. The summed E-state index contributed by atoms with van der Waals surface area (Å²) in [5.74, 6) is 0.548. The van der Waals surface area contributed by atoms with Gasteiger partial charge in [-0.25, -0.2) is 15.0 Å². The minimum Gasteiger partial charge on any atom is -0.494 e. The number of halogens is 1. The molecule has 0 aliphatic carbocycles. The molecular formula is C29H22ClN5O4S2. The van der Waals surface area contributed by atoms with Crippen LogP contribution in [0.4, 0.5) is 0 Å². The van der Waals surface area contributed by atoms with E-state index in [0.29, 0.717) is 44.9 Å². The first-order chi connectivity index (χ1) is 19.8. The lowest BCUT2D eigenvalue weighted by Gasteiger charge is -2.13. The number of aromatic nitrogens is 4. The maximum Gasteiger partial charge on any atom is 0.303 e. The van der Waals surface area contributed by atoms with Gasteiger partial charge in [0, 0.05) is 33.7 Å². The molecule has 9 nitrogen and oxygen atoms in total. The Labute approximate surface area is 247 Å². The lowest BCUT2D eigenvalue weighted by Crippen LogP contribution is -2.13. The zero-order valence-corrected chi connectivity index (χ0v) is 24.1. The average molecular weight is 604 g/mol. The van der Waals surface area contributed by atoms with E-state index >= 15 is 0 Å². The Morgan fingerprint density at radius 3 is 2.56 bits per heavy atom. The molecule has 0 bridgehead atoms. The van der Waals surface area contributed by atoms with Crippen LogP contribution in [0.25, 0.3) is 32.7 Å². The molecule has 2 aromatic carbocycles. The average Bonchev–Trinajstić information content (AvgIpc) is 3.43. The van der Waals surface area contributed by atoms with E-state index in [4.69, 9.17) is 26.4 Å². The lowest BCUT2D eigenvalue weighted by molar-refractivity contribution is -0.137. The number of nitriles is 1. The fourth-order valence-corrected chi connectivity index (χ4v) is 6.06. The first-order valence-corrected chi connectivity index (χ1v) is 14.7. The van der Waals surface area contributed by atoms with Gasteiger partial charge in [-0.1, -0.05) is 47.6 Å². The molecule has 3 aromatic heterocycles. The number of nitrogens with one attached hydrogen (secondary N) is 1. The van der Waals surface area contributed by atoms with Crippen molar-refractivity contribution >= 4 is 51.7 Å². The fraction of sp³-hybridized carbons (Fsp3) is 0.172. The Hall–Kier alpha value is -4.24. The molecule has 41 heavy (non-hydrogen) atoms. The minimum absolute atomic E-state index is 0.0194. The van der Waals surface area contributed by atoms with Crippen LogP contribution in [0.3, 0.4) is 0 Å². The number of hydrogen-bond donors (Lipinski definition) is 2. The topological polar surface area (TPSA) is 142 Å². The fourth-order valence-electron chi connectivity index (χ4n) is 4.13. The predicted molar refractivity (Wildman–Crippen MR) is 160 cm³/mol. The minimum atomic E-state index is -0.878. The van der Waals surface area contributed by atoms with Crippen LogP contribution < -0.4 is 10.3 Å². The molecule has 0 saturated carbocycles. The van der Waals surface area contributed by atoms with Crippen LogP contribution in [0.2, 0.25) is 5.02 Å². The molecule has 0 unspecified atom stereocenters. The number of fused-ring (bicyclic) bond motifs is 1. The van der Waals surface area contributed by atoms with Crippen LogP contribution in [-0.2, 0) is 10.5 Å². The predicted octanol–water partition coefficient (Wildman–Crippen LogP) is 6.48. The van der Waals surface area contributed by atoms with Crippen molar-refractivity contribution in [3.63, 3.8) is 0 Å². The van der Waals surface area contributed by atoms with Crippen LogP contribution >= 0.6 is 34.7 Å². The van der Waals surface area contributed by atoms with Crippen LogP contribution in [0.5, 0.6) is 5.75 Å². The van der Waals surface area contributed by atoms with E-state index in [1.54, 1.807) is 31.2 Å². The van der Waals surface area contributed by atoms with E-state index in [2.05, 4.69) is 21.0 Å². The molecule has 5 aromatic rings. The normalized spacial score (nSPS) is 11.0. The molecule has 0 atom stereocenters. The van der Waals surface area contributed by atoms with E-state index in [-0.39, 0.29) is 35.2 Å². The van der Waals surface area contributed by atoms with Gasteiger partial charge in [0.15, 0.2) is 5.65 Å². The van der Waals surface area contributed by atoms with Gasteiger partial charge in [0.1, 0.15) is 27.7 Å². The maximum atomic E-state index is 13.1. The Kier molecular flexibility index (Phi) is 8.64. The number of thioether (sulfide) groups is 1. The van der Waals surface area contributed by atoms with E-state index in [1.807, 2.05) is 29.6 Å². The summed E-state index contributed by atoms with van der Waals surface area (Å²) in [6, 6.07) is 16.7. The van der Waals surface area contributed by atoms with Crippen molar-refractivity contribution in [1.82, 2.24) is 19.9 Å². The monoisotopic (exact) mass is 603 g/mol. The highest BCUT2D eigenvalue weighted by molar-refractivity contribution is 7.98. The molecule has 2 N–H and O–H groups in total. The Balaban J connectivity index is 1.47. The van der Waals surface area contributed by atoms with Crippen molar-refractivity contribution in [3.8, 4) is 33.5 Å². The zero-order chi connectivity index (χ0) is 28.9. The number of benzene rings is 2. The summed E-state index contributed by atoms with van der Waals surface area (Å²) in [7, 11) is 0. The van der Waals surface area contributed by atoms with Crippen LogP contribution in [0, 0.1) is 18.3 Å². The number of aryl methyl sites for hydroxylation is 1. The molecule has 5 rings (SSSR count). The van der Waals surface area contributed by atoms with Gasteiger partial charge in [0.05, 0.1) is 23.3 Å². The van der Waals surface area contributed by atoms with Gasteiger partial charge in [-0.3, -0.25) is 9.59 Å². The SMILES string of the molecule is Cc1nc2nc(SCc3csc(-c4ccc(Cl)cc4)n3)c(C#N)c(-c3ccc(OCCCC(=O)O)cc3)c2c(=O)[nH]1. The van der Waals surface area contributed by atoms with Crippen LogP contribution in [0.1, 0.15) is 29.9 Å². The van der Waals surface area contributed by atoms with Crippen LogP contribution in [-0.4, -0.2) is 37.6 Å². The van der Waals surface area contributed by atoms with E-state index in [0.717, 1.165) is 16.3 Å². The molecule has 3 heterocycles. The highest BCUT2D eigenvalue weighted by atomic mass is 35.5. The molecule has 206 valence electrons. The molecule has 0 aliphatic rings. The first-order valence-electron chi connectivity index (χ1n) is 12.5. The summed E-state index contributed by atoms with van der Waals surface area (Å²) >= 11 is 8.88. The molecule has 0 fully saturated rings. The van der Waals surface area contributed by atoms with Crippen molar-refractivity contribution in [3.05, 3.63) is 86.4 Å². The lowest BCUT2D eigenvalue weighted by atomic mass is 9.98. The van der Waals surface area contributed by atoms with Gasteiger partial charge in [0.25, 0.3) is 5.56 Å².